The molecule has 0 saturated carbocycles. The Kier molecular flexibility index (Phi) is 6.21. The minimum absolute atomic E-state index is 0.0427. The van der Waals surface area contributed by atoms with Crippen LogP contribution in [0, 0.1) is 0 Å². The first kappa shape index (κ1) is 16.0. The van der Waals surface area contributed by atoms with Gasteiger partial charge in [0.05, 0.1) is 6.04 Å². The molecule has 1 heterocycles. The van der Waals surface area contributed by atoms with E-state index in [1.807, 2.05) is 11.0 Å². The number of nitrogens with two attached hydrogens (primary N) is 1. The molecular formula is C17H27N3O. The van der Waals surface area contributed by atoms with E-state index in [2.05, 4.69) is 36.2 Å². The molecule has 4 nitrogen and oxygen atoms in total. The van der Waals surface area contributed by atoms with Crippen LogP contribution in [-0.2, 0) is 11.2 Å². The summed E-state index contributed by atoms with van der Waals surface area (Å²) in [7, 11) is 2.06. The van der Waals surface area contributed by atoms with Crippen molar-refractivity contribution in [2.24, 2.45) is 5.73 Å². The molecule has 0 radical (unpaired) electrons. The van der Waals surface area contributed by atoms with Crippen molar-refractivity contribution in [1.82, 2.24) is 9.80 Å². The highest BCUT2D eigenvalue weighted by Gasteiger charge is 2.31. The van der Waals surface area contributed by atoms with Crippen LogP contribution in [0.2, 0.25) is 0 Å². The Morgan fingerprint density at radius 3 is 2.67 bits per heavy atom. The van der Waals surface area contributed by atoms with E-state index in [0.29, 0.717) is 6.54 Å². The average molecular weight is 289 g/mol. The molecule has 0 spiro atoms. The lowest BCUT2D eigenvalue weighted by Crippen LogP contribution is -2.55. The molecule has 2 N–H and O–H groups in total. The van der Waals surface area contributed by atoms with Crippen molar-refractivity contribution >= 4 is 5.91 Å². The summed E-state index contributed by atoms with van der Waals surface area (Å²) in [5.74, 6) is 0.289. The number of unbranched alkanes of at least 4 members (excludes halogenated alkanes) is 1. The molecule has 21 heavy (non-hydrogen) atoms. The van der Waals surface area contributed by atoms with Gasteiger partial charge in [0.25, 0.3) is 0 Å². The number of carbonyl (C=O) groups excluding carboxylic acids is 1. The van der Waals surface area contributed by atoms with Gasteiger partial charge < -0.3 is 10.6 Å². The summed E-state index contributed by atoms with van der Waals surface area (Å²) in [6.07, 6.45) is 3.89. The Bertz CT molecular complexity index is 435. The van der Waals surface area contributed by atoms with E-state index in [9.17, 15) is 4.79 Å². The number of benzene rings is 1. The number of nitrogens with zero attached hydrogens (tertiary/aromatic N) is 2. The summed E-state index contributed by atoms with van der Waals surface area (Å²) in [5.41, 5.74) is 6.84. The fraction of sp³-hybridized carbons (Fsp3) is 0.588. The largest absolute Gasteiger partial charge is 0.340 e. The van der Waals surface area contributed by atoms with Crippen LogP contribution in [0.3, 0.4) is 0 Å². The van der Waals surface area contributed by atoms with E-state index < -0.39 is 0 Å². The quantitative estimate of drug-likeness (QED) is 0.774. The molecular weight excluding hydrogens is 262 g/mol. The van der Waals surface area contributed by atoms with Gasteiger partial charge in [0.1, 0.15) is 0 Å². The number of rotatable bonds is 7. The van der Waals surface area contributed by atoms with Crippen molar-refractivity contribution in [3.05, 3.63) is 35.9 Å². The molecule has 0 bridgehead atoms. The van der Waals surface area contributed by atoms with E-state index in [-0.39, 0.29) is 11.9 Å². The zero-order chi connectivity index (χ0) is 15.1. The molecule has 1 aromatic rings. The van der Waals surface area contributed by atoms with Gasteiger partial charge in [0.15, 0.2) is 0 Å². The van der Waals surface area contributed by atoms with E-state index in [4.69, 9.17) is 5.73 Å². The van der Waals surface area contributed by atoms with Crippen LogP contribution in [0.25, 0.3) is 0 Å². The van der Waals surface area contributed by atoms with E-state index in [1.54, 1.807) is 0 Å². The molecule has 0 unspecified atom stereocenters. The van der Waals surface area contributed by atoms with E-state index >= 15 is 0 Å². The maximum Gasteiger partial charge on any atom is 0.239 e. The van der Waals surface area contributed by atoms with Crippen molar-refractivity contribution < 1.29 is 4.79 Å². The summed E-state index contributed by atoms with van der Waals surface area (Å²) in [4.78, 5) is 16.8. The van der Waals surface area contributed by atoms with Gasteiger partial charge in [-0.15, -0.1) is 0 Å². The minimum atomic E-state index is 0.0427. The summed E-state index contributed by atoms with van der Waals surface area (Å²) in [6, 6.07) is 10.4. The van der Waals surface area contributed by atoms with Crippen LogP contribution in [0.1, 0.15) is 24.8 Å². The fourth-order valence-corrected chi connectivity index (χ4v) is 2.90. The van der Waals surface area contributed by atoms with E-state index in [0.717, 1.165) is 45.3 Å². The molecule has 1 amide bonds. The molecule has 1 fully saturated rings. The van der Waals surface area contributed by atoms with Gasteiger partial charge in [0.2, 0.25) is 5.91 Å². The van der Waals surface area contributed by atoms with Gasteiger partial charge in [-0.25, -0.2) is 0 Å². The lowest BCUT2D eigenvalue weighted by Gasteiger charge is -2.39. The summed E-state index contributed by atoms with van der Waals surface area (Å²) in [6.45, 7) is 3.34. The molecule has 0 aliphatic carbocycles. The second-order valence-corrected chi connectivity index (χ2v) is 5.84. The van der Waals surface area contributed by atoms with E-state index in [1.165, 1.54) is 5.56 Å². The number of carbonyl (C=O) groups is 1. The zero-order valence-corrected chi connectivity index (χ0v) is 13.0. The van der Waals surface area contributed by atoms with Gasteiger partial charge >= 0.3 is 0 Å². The third-order valence-electron chi connectivity index (χ3n) is 4.30. The first-order chi connectivity index (χ1) is 10.2. The number of amides is 1. The standard InChI is InChI=1S/C17H27N3O/c1-19-13-14-20(12-10-15-7-3-2-4-8-15)17(21)16(19)9-5-6-11-18/h2-4,7-8,16H,5-6,9-14,18H2,1H3/t16-/m0/s1. The first-order valence-electron chi connectivity index (χ1n) is 7.95. The second-order valence-electron chi connectivity index (χ2n) is 5.84. The smallest absolute Gasteiger partial charge is 0.239 e. The highest BCUT2D eigenvalue weighted by Crippen LogP contribution is 2.16. The number of likely N-dealkylation sites (N-methyl/N-ethyl adjacent to an activating group) is 1. The lowest BCUT2D eigenvalue weighted by molar-refractivity contribution is -0.141. The van der Waals surface area contributed by atoms with Gasteiger partial charge in [-0.1, -0.05) is 36.8 Å². The van der Waals surface area contributed by atoms with Crippen molar-refractivity contribution in [2.75, 3.05) is 33.2 Å². The van der Waals surface area contributed by atoms with Gasteiger partial charge in [-0.2, -0.15) is 0 Å². The Morgan fingerprint density at radius 1 is 1.19 bits per heavy atom. The summed E-state index contributed by atoms with van der Waals surface area (Å²) >= 11 is 0. The molecule has 1 aromatic carbocycles. The maximum absolute atomic E-state index is 12.6. The van der Waals surface area contributed by atoms with Gasteiger partial charge in [-0.3, -0.25) is 9.69 Å². The topological polar surface area (TPSA) is 49.6 Å². The van der Waals surface area contributed by atoms with Crippen LogP contribution >= 0.6 is 0 Å². The third-order valence-corrected chi connectivity index (χ3v) is 4.30. The number of hydrogen-bond acceptors (Lipinski definition) is 3. The Morgan fingerprint density at radius 2 is 1.95 bits per heavy atom. The average Bonchev–Trinajstić information content (AvgIpc) is 2.51. The van der Waals surface area contributed by atoms with Crippen molar-refractivity contribution in [3.8, 4) is 0 Å². The van der Waals surface area contributed by atoms with Crippen LogP contribution in [-0.4, -0.2) is 55.0 Å². The SMILES string of the molecule is CN1CCN(CCc2ccccc2)C(=O)[C@@H]1CCCCN. The van der Waals surface area contributed by atoms with Crippen LogP contribution in [0.5, 0.6) is 0 Å². The zero-order valence-electron chi connectivity index (χ0n) is 13.0. The highest BCUT2D eigenvalue weighted by atomic mass is 16.2. The molecule has 1 aliphatic rings. The molecule has 1 aliphatic heterocycles. The molecule has 116 valence electrons. The van der Waals surface area contributed by atoms with Crippen molar-refractivity contribution in [2.45, 2.75) is 31.7 Å². The predicted molar refractivity (Wildman–Crippen MR) is 86.0 cm³/mol. The number of piperazine rings is 1. The molecule has 1 atom stereocenters. The molecule has 0 aromatic heterocycles. The third kappa shape index (κ3) is 4.55. The van der Waals surface area contributed by atoms with Crippen LogP contribution < -0.4 is 5.73 Å². The molecule has 1 saturated heterocycles. The van der Waals surface area contributed by atoms with Crippen LogP contribution in [0.15, 0.2) is 30.3 Å². The van der Waals surface area contributed by atoms with Crippen molar-refractivity contribution in [3.63, 3.8) is 0 Å². The Hall–Kier alpha value is -1.39. The number of hydrogen-bond donors (Lipinski definition) is 1. The first-order valence-corrected chi connectivity index (χ1v) is 7.95. The molecule has 4 heteroatoms. The normalized spacial score (nSPS) is 20.0. The Labute approximate surface area is 127 Å². The summed E-state index contributed by atoms with van der Waals surface area (Å²) < 4.78 is 0. The lowest BCUT2D eigenvalue weighted by atomic mass is 10.0. The Balaban J connectivity index is 1.87. The fourth-order valence-electron chi connectivity index (χ4n) is 2.90. The maximum atomic E-state index is 12.6. The van der Waals surface area contributed by atoms with Gasteiger partial charge in [0, 0.05) is 19.6 Å². The minimum Gasteiger partial charge on any atom is -0.340 e. The van der Waals surface area contributed by atoms with Crippen LogP contribution in [0.4, 0.5) is 0 Å². The molecule has 2 rings (SSSR count). The summed E-state index contributed by atoms with van der Waals surface area (Å²) in [5, 5.41) is 0. The van der Waals surface area contributed by atoms with Crippen molar-refractivity contribution in [1.29, 1.82) is 0 Å². The monoisotopic (exact) mass is 289 g/mol. The highest BCUT2D eigenvalue weighted by molar-refractivity contribution is 5.82. The van der Waals surface area contributed by atoms with Gasteiger partial charge in [-0.05, 0) is 38.4 Å². The second kappa shape index (κ2) is 8.15. The predicted octanol–water partition coefficient (Wildman–Crippen LogP) is 1.50.